The Morgan fingerprint density at radius 2 is 1.83 bits per heavy atom. The van der Waals surface area contributed by atoms with E-state index in [4.69, 9.17) is 16.6 Å². The highest BCUT2D eigenvalue weighted by Gasteiger charge is 2.41. The normalized spacial score (nSPS) is 17.6. The average Bonchev–Trinajstić information content (AvgIpc) is 2.77. The SMILES string of the molecule is CNc1ncc2c(n1)-c1ccccc1C1(CCN(Cc3ccc(Cl)cc3)CC1)C2. The van der Waals surface area contributed by atoms with E-state index < -0.39 is 0 Å². The summed E-state index contributed by atoms with van der Waals surface area (Å²) < 4.78 is 0. The second kappa shape index (κ2) is 7.43. The molecule has 0 saturated carbocycles. The van der Waals surface area contributed by atoms with Gasteiger partial charge in [0, 0.05) is 35.8 Å². The summed E-state index contributed by atoms with van der Waals surface area (Å²) in [6, 6.07) is 17.1. The number of benzene rings is 2. The molecule has 1 aliphatic carbocycles. The van der Waals surface area contributed by atoms with Crippen molar-refractivity contribution < 1.29 is 0 Å². The quantitative estimate of drug-likeness (QED) is 0.672. The van der Waals surface area contributed by atoms with E-state index in [0.717, 1.165) is 49.6 Å². The predicted octanol–water partition coefficient (Wildman–Crippen LogP) is 4.93. The summed E-state index contributed by atoms with van der Waals surface area (Å²) in [6.45, 7) is 3.18. The molecule has 0 amide bonds. The van der Waals surface area contributed by atoms with Gasteiger partial charge >= 0.3 is 0 Å². The van der Waals surface area contributed by atoms with E-state index in [9.17, 15) is 0 Å². The minimum Gasteiger partial charge on any atom is -0.357 e. The van der Waals surface area contributed by atoms with Gasteiger partial charge in [0.05, 0.1) is 5.69 Å². The first kappa shape index (κ1) is 18.6. The van der Waals surface area contributed by atoms with Gasteiger partial charge in [-0.2, -0.15) is 0 Å². The van der Waals surface area contributed by atoms with Crippen molar-refractivity contribution in [3.05, 3.63) is 76.4 Å². The maximum absolute atomic E-state index is 6.03. The third kappa shape index (κ3) is 3.41. The van der Waals surface area contributed by atoms with Crippen molar-refractivity contribution in [3.8, 4) is 11.3 Å². The molecule has 0 radical (unpaired) electrons. The molecule has 1 aliphatic heterocycles. The maximum atomic E-state index is 6.03. The second-order valence-electron chi connectivity index (χ2n) is 8.22. The van der Waals surface area contributed by atoms with Crippen LogP contribution in [0.3, 0.4) is 0 Å². The molecule has 2 aliphatic rings. The van der Waals surface area contributed by atoms with Gasteiger partial charge < -0.3 is 5.32 Å². The van der Waals surface area contributed by atoms with Crippen molar-refractivity contribution in [2.45, 2.75) is 31.2 Å². The van der Waals surface area contributed by atoms with Crippen molar-refractivity contribution in [1.82, 2.24) is 14.9 Å². The molecule has 29 heavy (non-hydrogen) atoms. The highest BCUT2D eigenvalue weighted by molar-refractivity contribution is 6.30. The number of aromatic nitrogens is 2. The van der Waals surface area contributed by atoms with E-state index in [1.165, 1.54) is 22.3 Å². The fourth-order valence-electron chi connectivity index (χ4n) is 4.93. The Kier molecular flexibility index (Phi) is 4.76. The van der Waals surface area contributed by atoms with Gasteiger partial charge in [-0.05, 0) is 61.2 Å². The highest BCUT2D eigenvalue weighted by Crippen LogP contribution is 2.48. The number of likely N-dealkylation sites (tertiary alicyclic amines) is 1. The monoisotopic (exact) mass is 404 g/mol. The van der Waals surface area contributed by atoms with E-state index >= 15 is 0 Å². The summed E-state index contributed by atoms with van der Waals surface area (Å²) >= 11 is 6.03. The molecule has 0 bridgehead atoms. The largest absolute Gasteiger partial charge is 0.357 e. The first-order chi connectivity index (χ1) is 14.2. The third-order valence-corrected chi connectivity index (χ3v) is 6.76. The fraction of sp³-hybridized carbons (Fsp3) is 0.333. The Morgan fingerprint density at radius 1 is 1.07 bits per heavy atom. The molecule has 5 heteroatoms. The van der Waals surface area contributed by atoms with Crippen LogP contribution in [0.4, 0.5) is 5.95 Å². The molecule has 1 aromatic heterocycles. The van der Waals surface area contributed by atoms with Gasteiger partial charge in [0.25, 0.3) is 0 Å². The number of nitrogens with zero attached hydrogens (tertiary/aromatic N) is 3. The Morgan fingerprint density at radius 3 is 2.59 bits per heavy atom. The average molecular weight is 405 g/mol. The van der Waals surface area contributed by atoms with Crippen LogP contribution in [0.15, 0.2) is 54.7 Å². The van der Waals surface area contributed by atoms with Gasteiger partial charge in [0.15, 0.2) is 0 Å². The summed E-state index contributed by atoms with van der Waals surface area (Å²) in [5.41, 5.74) is 6.61. The lowest BCUT2D eigenvalue weighted by molar-refractivity contribution is 0.150. The summed E-state index contributed by atoms with van der Waals surface area (Å²) in [7, 11) is 1.87. The van der Waals surface area contributed by atoms with Gasteiger partial charge in [0.1, 0.15) is 0 Å². The van der Waals surface area contributed by atoms with Crippen LogP contribution in [0.5, 0.6) is 0 Å². The lowest BCUT2D eigenvalue weighted by Gasteiger charge is -2.45. The number of piperidine rings is 1. The van der Waals surface area contributed by atoms with Crippen molar-refractivity contribution in [1.29, 1.82) is 0 Å². The predicted molar refractivity (Wildman–Crippen MR) is 118 cm³/mol. The first-order valence-electron chi connectivity index (χ1n) is 10.3. The van der Waals surface area contributed by atoms with Gasteiger partial charge in [0.2, 0.25) is 5.95 Å². The zero-order chi connectivity index (χ0) is 19.8. The molecular weight excluding hydrogens is 380 g/mol. The van der Waals surface area contributed by atoms with Crippen LogP contribution in [0.1, 0.15) is 29.5 Å². The number of hydrogen-bond donors (Lipinski definition) is 1. The van der Waals surface area contributed by atoms with Crippen LogP contribution < -0.4 is 5.32 Å². The van der Waals surface area contributed by atoms with Crippen molar-refractivity contribution in [2.75, 3.05) is 25.5 Å². The minimum absolute atomic E-state index is 0.185. The number of fused-ring (bicyclic) bond motifs is 4. The number of halogens is 1. The van der Waals surface area contributed by atoms with E-state index in [1.54, 1.807) is 0 Å². The zero-order valence-corrected chi connectivity index (χ0v) is 17.4. The lowest BCUT2D eigenvalue weighted by atomic mass is 9.64. The van der Waals surface area contributed by atoms with Crippen molar-refractivity contribution in [3.63, 3.8) is 0 Å². The molecule has 1 saturated heterocycles. The number of hydrogen-bond acceptors (Lipinski definition) is 4. The topological polar surface area (TPSA) is 41.1 Å². The Balaban J connectivity index is 1.41. The Labute approximate surface area is 177 Å². The molecule has 0 atom stereocenters. The molecule has 4 nitrogen and oxygen atoms in total. The fourth-order valence-corrected chi connectivity index (χ4v) is 5.06. The summed E-state index contributed by atoms with van der Waals surface area (Å²) in [5.74, 6) is 0.687. The van der Waals surface area contributed by atoms with Crippen molar-refractivity contribution in [2.24, 2.45) is 0 Å². The molecule has 1 N–H and O–H groups in total. The lowest BCUT2D eigenvalue weighted by Crippen LogP contribution is -2.45. The van der Waals surface area contributed by atoms with Gasteiger partial charge in [-0.3, -0.25) is 4.90 Å². The van der Waals surface area contributed by atoms with E-state index in [2.05, 4.69) is 51.6 Å². The third-order valence-electron chi connectivity index (χ3n) is 6.50. The molecule has 1 spiro atoms. The van der Waals surface area contributed by atoms with Crippen molar-refractivity contribution >= 4 is 17.5 Å². The standard InChI is InChI=1S/C24H25ClN4/c1-26-23-27-15-18-14-24(21-5-3-2-4-20(21)22(18)28-23)10-12-29(13-11-24)16-17-6-8-19(25)9-7-17/h2-9,15H,10-14,16H2,1H3,(H,26,27,28). The molecule has 5 rings (SSSR count). The van der Waals surface area contributed by atoms with E-state index in [1.807, 2.05) is 25.4 Å². The molecular formula is C24H25ClN4. The number of rotatable bonds is 3. The second-order valence-corrected chi connectivity index (χ2v) is 8.66. The molecule has 1 fully saturated rings. The number of nitrogens with one attached hydrogen (secondary N) is 1. The number of anilines is 1. The highest BCUT2D eigenvalue weighted by atomic mass is 35.5. The molecule has 3 aromatic rings. The van der Waals surface area contributed by atoms with Crippen LogP contribution in [0.2, 0.25) is 5.02 Å². The van der Waals surface area contributed by atoms with Crippen LogP contribution in [0, 0.1) is 0 Å². The molecule has 2 heterocycles. The molecule has 148 valence electrons. The molecule has 0 unspecified atom stereocenters. The van der Waals surface area contributed by atoms with Gasteiger partial charge in [-0.1, -0.05) is 48.0 Å². The van der Waals surface area contributed by atoms with Crippen LogP contribution in [0.25, 0.3) is 11.3 Å². The Bertz CT molecular complexity index is 1020. The minimum atomic E-state index is 0.185. The van der Waals surface area contributed by atoms with Crippen LogP contribution in [-0.2, 0) is 18.4 Å². The van der Waals surface area contributed by atoms with E-state index in [0.29, 0.717) is 5.95 Å². The van der Waals surface area contributed by atoms with Crippen LogP contribution in [-0.4, -0.2) is 35.0 Å². The van der Waals surface area contributed by atoms with E-state index in [-0.39, 0.29) is 5.41 Å². The summed E-state index contributed by atoms with van der Waals surface area (Å²) in [6.07, 6.45) is 5.36. The zero-order valence-electron chi connectivity index (χ0n) is 16.7. The van der Waals surface area contributed by atoms with Gasteiger partial charge in [-0.15, -0.1) is 0 Å². The summed E-state index contributed by atoms with van der Waals surface area (Å²) in [5, 5.41) is 3.87. The summed E-state index contributed by atoms with van der Waals surface area (Å²) in [4.78, 5) is 11.8. The first-order valence-corrected chi connectivity index (χ1v) is 10.6. The Hall–Kier alpha value is -2.43. The van der Waals surface area contributed by atoms with Crippen LogP contribution >= 0.6 is 11.6 Å². The maximum Gasteiger partial charge on any atom is 0.222 e. The smallest absolute Gasteiger partial charge is 0.222 e. The van der Waals surface area contributed by atoms with Gasteiger partial charge in [-0.25, -0.2) is 9.97 Å². The molecule has 2 aromatic carbocycles.